The number of para-hydroxylation sites is 4. The molecule has 4 heteroatoms. The van der Waals surface area contributed by atoms with Crippen LogP contribution in [0.2, 0.25) is 0 Å². The van der Waals surface area contributed by atoms with Crippen LogP contribution >= 0.6 is 0 Å². The van der Waals surface area contributed by atoms with Crippen molar-refractivity contribution in [3.63, 3.8) is 0 Å². The molecule has 0 bridgehead atoms. The molecule has 23 heavy (non-hydrogen) atoms. The highest BCUT2D eigenvalue weighted by Gasteiger charge is 2.29. The standard InChI is InChI=1S/C19H21N3O/c20-15-6-1-4-9-18(15)23-13-5-12-22-17-8-3-2-7-16(17)21-19(22)14-10-11-14/h1-4,6-9,14H,5,10-13,20H2. The van der Waals surface area contributed by atoms with E-state index in [9.17, 15) is 0 Å². The van der Waals surface area contributed by atoms with E-state index in [0.717, 1.165) is 24.2 Å². The van der Waals surface area contributed by atoms with E-state index < -0.39 is 0 Å². The number of benzene rings is 2. The van der Waals surface area contributed by atoms with Crippen LogP contribution in [-0.4, -0.2) is 16.2 Å². The van der Waals surface area contributed by atoms with Gasteiger partial charge in [0.1, 0.15) is 11.6 Å². The Labute approximate surface area is 135 Å². The third-order valence-corrected chi connectivity index (χ3v) is 4.33. The van der Waals surface area contributed by atoms with E-state index in [1.165, 1.54) is 24.2 Å². The van der Waals surface area contributed by atoms with Crippen molar-refractivity contribution in [2.24, 2.45) is 0 Å². The summed E-state index contributed by atoms with van der Waals surface area (Å²) in [5.41, 5.74) is 8.93. The summed E-state index contributed by atoms with van der Waals surface area (Å²) in [5.74, 6) is 2.66. The third kappa shape index (κ3) is 2.89. The Hall–Kier alpha value is -2.49. The van der Waals surface area contributed by atoms with Crippen molar-refractivity contribution in [1.82, 2.24) is 9.55 Å². The van der Waals surface area contributed by atoms with Gasteiger partial charge in [-0.25, -0.2) is 4.98 Å². The predicted molar refractivity (Wildman–Crippen MR) is 92.7 cm³/mol. The first kappa shape index (κ1) is 14.1. The Kier molecular flexibility index (Phi) is 3.66. The van der Waals surface area contributed by atoms with Gasteiger partial charge in [0.05, 0.1) is 23.3 Å². The number of rotatable bonds is 6. The van der Waals surface area contributed by atoms with Crippen LogP contribution in [0.1, 0.15) is 31.0 Å². The highest BCUT2D eigenvalue weighted by molar-refractivity contribution is 5.76. The zero-order valence-electron chi connectivity index (χ0n) is 13.1. The second kappa shape index (κ2) is 5.95. The molecule has 0 unspecified atom stereocenters. The monoisotopic (exact) mass is 307 g/mol. The molecule has 1 saturated carbocycles. The lowest BCUT2D eigenvalue weighted by Crippen LogP contribution is -2.08. The molecular weight excluding hydrogens is 286 g/mol. The third-order valence-electron chi connectivity index (χ3n) is 4.33. The van der Waals surface area contributed by atoms with Crippen LogP contribution < -0.4 is 10.5 Å². The lowest BCUT2D eigenvalue weighted by Gasteiger charge is -2.11. The van der Waals surface area contributed by atoms with Crippen molar-refractivity contribution >= 4 is 16.7 Å². The Morgan fingerprint density at radius 3 is 2.70 bits per heavy atom. The first-order valence-electron chi connectivity index (χ1n) is 8.25. The van der Waals surface area contributed by atoms with Gasteiger partial charge < -0.3 is 15.0 Å². The van der Waals surface area contributed by atoms with Crippen molar-refractivity contribution < 1.29 is 4.74 Å². The van der Waals surface area contributed by atoms with Crippen molar-refractivity contribution in [2.45, 2.75) is 31.7 Å². The lowest BCUT2D eigenvalue weighted by molar-refractivity contribution is 0.303. The average Bonchev–Trinajstić information content (AvgIpc) is 3.35. The number of imidazole rings is 1. The second-order valence-electron chi connectivity index (χ2n) is 6.12. The van der Waals surface area contributed by atoms with E-state index >= 15 is 0 Å². The van der Waals surface area contributed by atoms with E-state index in [-0.39, 0.29) is 0 Å². The number of ether oxygens (including phenoxy) is 1. The maximum Gasteiger partial charge on any atom is 0.142 e. The molecule has 0 saturated heterocycles. The van der Waals surface area contributed by atoms with Gasteiger partial charge in [0.2, 0.25) is 0 Å². The predicted octanol–water partition coefficient (Wildman–Crippen LogP) is 3.97. The summed E-state index contributed by atoms with van der Waals surface area (Å²) in [6, 6.07) is 16.0. The molecule has 3 aromatic rings. The zero-order valence-corrected chi connectivity index (χ0v) is 13.1. The van der Waals surface area contributed by atoms with E-state index in [0.29, 0.717) is 18.2 Å². The molecule has 0 aliphatic heterocycles. The van der Waals surface area contributed by atoms with Crippen molar-refractivity contribution in [1.29, 1.82) is 0 Å². The Morgan fingerprint density at radius 2 is 1.87 bits per heavy atom. The largest absolute Gasteiger partial charge is 0.491 e. The van der Waals surface area contributed by atoms with Crippen LogP contribution in [0.15, 0.2) is 48.5 Å². The molecule has 0 amide bonds. The van der Waals surface area contributed by atoms with Crippen molar-refractivity contribution in [2.75, 3.05) is 12.3 Å². The van der Waals surface area contributed by atoms with Crippen LogP contribution in [0.3, 0.4) is 0 Å². The van der Waals surface area contributed by atoms with Crippen LogP contribution in [0, 0.1) is 0 Å². The minimum atomic E-state index is 0.646. The summed E-state index contributed by atoms with van der Waals surface area (Å²) in [4.78, 5) is 4.83. The molecule has 2 aromatic carbocycles. The number of anilines is 1. The van der Waals surface area contributed by atoms with Crippen LogP contribution in [-0.2, 0) is 6.54 Å². The molecule has 0 radical (unpaired) electrons. The first-order chi connectivity index (χ1) is 11.3. The number of aryl methyl sites for hydroxylation is 1. The van der Waals surface area contributed by atoms with Gasteiger partial charge in [0, 0.05) is 12.5 Å². The van der Waals surface area contributed by atoms with Crippen molar-refractivity contribution in [3.05, 3.63) is 54.4 Å². The van der Waals surface area contributed by atoms with Gasteiger partial charge in [-0.2, -0.15) is 0 Å². The normalized spacial score (nSPS) is 14.3. The smallest absolute Gasteiger partial charge is 0.142 e. The molecule has 1 aliphatic carbocycles. The first-order valence-corrected chi connectivity index (χ1v) is 8.25. The Balaban J connectivity index is 1.45. The van der Waals surface area contributed by atoms with E-state index in [1.54, 1.807) is 0 Å². The number of aromatic nitrogens is 2. The maximum atomic E-state index is 5.90. The summed E-state index contributed by atoms with van der Waals surface area (Å²) < 4.78 is 8.17. The SMILES string of the molecule is Nc1ccccc1OCCCn1c(C2CC2)nc2ccccc21. The van der Waals surface area contributed by atoms with Crippen LogP contribution in [0.5, 0.6) is 5.75 Å². The van der Waals surface area contributed by atoms with Gasteiger partial charge in [-0.05, 0) is 43.5 Å². The average molecular weight is 307 g/mol. The summed E-state index contributed by atoms with van der Waals surface area (Å²) in [6.45, 7) is 1.59. The van der Waals surface area contributed by atoms with E-state index in [2.05, 4.69) is 28.8 Å². The molecular formula is C19H21N3O. The Morgan fingerprint density at radius 1 is 1.09 bits per heavy atom. The summed E-state index contributed by atoms with van der Waals surface area (Å²) in [7, 11) is 0. The quantitative estimate of drug-likeness (QED) is 0.554. The minimum absolute atomic E-state index is 0.646. The summed E-state index contributed by atoms with van der Waals surface area (Å²) in [5, 5.41) is 0. The molecule has 1 fully saturated rings. The van der Waals surface area contributed by atoms with Gasteiger partial charge in [-0.3, -0.25) is 0 Å². The number of nitrogen functional groups attached to an aromatic ring is 1. The zero-order chi connectivity index (χ0) is 15.6. The summed E-state index contributed by atoms with van der Waals surface area (Å²) in [6.07, 6.45) is 3.47. The molecule has 4 nitrogen and oxygen atoms in total. The molecule has 1 aromatic heterocycles. The fraction of sp³-hybridized carbons (Fsp3) is 0.316. The van der Waals surface area contributed by atoms with Crippen LogP contribution in [0.4, 0.5) is 5.69 Å². The van der Waals surface area contributed by atoms with Gasteiger partial charge in [-0.15, -0.1) is 0 Å². The van der Waals surface area contributed by atoms with Crippen molar-refractivity contribution in [3.8, 4) is 5.75 Å². The minimum Gasteiger partial charge on any atom is -0.491 e. The fourth-order valence-electron chi connectivity index (χ4n) is 3.00. The molecule has 4 rings (SSSR count). The number of fused-ring (bicyclic) bond motifs is 1. The molecule has 1 heterocycles. The van der Waals surface area contributed by atoms with Gasteiger partial charge in [0.25, 0.3) is 0 Å². The molecule has 118 valence electrons. The Bertz CT molecular complexity index is 820. The van der Waals surface area contributed by atoms with Gasteiger partial charge in [-0.1, -0.05) is 24.3 Å². The topological polar surface area (TPSA) is 53.1 Å². The van der Waals surface area contributed by atoms with Crippen LogP contribution in [0.25, 0.3) is 11.0 Å². The highest BCUT2D eigenvalue weighted by Crippen LogP contribution is 2.40. The van der Waals surface area contributed by atoms with E-state index in [1.807, 2.05) is 24.3 Å². The molecule has 1 aliphatic rings. The molecule has 0 atom stereocenters. The van der Waals surface area contributed by atoms with E-state index in [4.69, 9.17) is 15.5 Å². The number of hydrogen-bond donors (Lipinski definition) is 1. The van der Waals surface area contributed by atoms with Gasteiger partial charge in [0.15, 0.2) is 0 Å². The highest BCUT2D eigenvalue weighted by atomic mass is 16.5. The number of nitrogens with zero attached hydrogens (tertiary/aromatic N) is 2. The molecule has 0 spiro atoms. The second-order valence-corrected chi connectivity index (χ2v) is 6.12. The number of hydrogen-bond acceptors (Lipinski definition) is 3. The molecule has 2 N–H and O–H groups in total. The lowest BCUT2D eigenvalue weighted by atomic mass is 10.3. The number of nitrogens with two attached hydrogens (primary N) is 1. The van der Waals surface area contributed by atoms with Gasteiger partial charge >= 0.3 is 0 Å². The fourth-order valence-corrected chi connectivity index (χ4v) is 3.00. The maximum absolute atomic E-state index is 5.90. The summed E-state index contributed by atoms with van der Waals surface area (Å²) >= 11 is 0.